The first-order valence-electron chi connectivity index (χ1n) is 7.33. The van der Waals surface area contributed by atoms with E-state index < -0.39 is 0 Å². The van der Waals surface area contributed by atoms with Gasteiger partial charge in [0.25, 0.3) is 0 Å². The largest absolute Gasteiger partial charge is 0.346 e. The minimum atomic E-state index is 0.279. The topological polar surface area (TPSA) is 28.2 Å². The quantitative estimate of drug-likeness (QED) is 0.857. The molecule has 1 aliphatic carbocycles. The van der Waals surface area contributed by atoms with E-state index >= 15 is 0 Å². The maximum atomic E-state index is 4.98. The molecule has 0 bridgehead atoms. The zero-order valence-corrected chi connectivity index (χ0v) is 13.4. The van der Waals surface area contributed by atoms with E-state index in [1.165, 1.54) is 22.1 Å². The van der Waals surface area contributed by atoms with E-state index in [2.05, 4.69) is 37.9 Å². The van der Waals surface area contributed by atoms with Crippen LogP contribution in [0.1, 0.15) is 44.7 Å². The van der Waals surface area contributed by atoms with E-state index in [-0.39, 0.29) is 5.41 Å². The van der Waals surface area contributed by atoms with Gasteiger partial charge in [0.2, 0.25) is 0 Å². The van der Waals surface area contributed by atoms with E-state index in [1.54, 1.807) is 0 Å². The minimum Gasteiger partial charge on any atom is -0.346 e. The molecule has 0 radical (unpaired) electrons. The van der Waals surface area contributed by atoms with Crippen LogP contribution in [0.3, 0.4) is 0 Å². The molecule has 1 aromatic rings. The highest BCUT2D eigenvalue weighted by Gasteiger charge is 2.40. The molecule has 0 aromatic carbocycles. The summed E-state index contributed by atoms with van der Waals surface area (Å²) in [6.45, 7) is 13.9. The average Bonchev–Trinajstić information content (AvgIpc) is 2.72. The predicted molar refractivity (Wildman–Crippen MR) is 82.3 cm³/mol. The van der Waals surface area contributed by atoms with Crippen molar-refractivity contribution in [1.29, 1.82) is 0 Å². The molecule has 0 saturated carbocycles. The number of fused-ring (bicyclic) bond motifs is 1. The molecule has 19 heavy (non-hydrogen) atoms. The fourth-order valence-corrected chi connectivity index (χ4v) is 5.01. The third-order valence-corrected chi connectivity index (χ3v) is 5.78. The monoisotopic (exact) mass is 279 g/mol. The fourth-order valence-electron chi connectivity index (χ4n) is 3.77. The van der Waals surface area contributed by atoms with Crippen molar-refractivity contribution in [2.75, 3.05) is 31.1 Å². The molecule has 1 saturated heterocycles. The number of aromatic nitrogens is 1. The summed E-state index contributed by atoms with van der Waals surface area (Å²) < 4.78 is 0. The Kier molecular flexibility index (Phi) is 3.13. The van der Waals surface area contributed by atoms with Crippen LogP contribution in [0.2, 0.25) is 0 Å². The lowest BCUT2D eigenvalue weighted by atomic mass is 9.67. The first-order chi connectivity index (χ1) is 8.87. The zero-order valence-electron chi connectivity index (χ0n) is 12.5. The van der Waals surface area contributed by atoms with Gasteiger partial charge in [0.05, 0.1) is 5.69 Å². The second-order valence-electron chi connectivity index (χ2n) is 7.41. The van der Waals surface area contributed by atoms with Crippen molar-refractivity contribution >= 4 is 16.5 Å². The zero-order chi connectivity index (χ0) is 13.7. The Morgan fingerprint density at radius 1 is 1.16 bits per heavy atom. The number of rotatable bonds is 1. The van der Waals surface area contributed by atoms with Gasteiger partial charge in [-0.3, -0.25) is 0 Å². The van der Waals surface area contributed by atoms with Gasteiger partial charge in [-0.05, 0) is 18.3 Å². The Balaban J connectivity index is 1.94. The smallest absolute Gasteiger partial charge is 0.185 e. The Morgan fingerprint density at radius 3 is 2.53 bits per heavy atom. The number of nitrogens with zero attached hydrogens (tertiary/aromatic N) is 2. The van der Waals surface area contributed by atoms with Crippen LogP contribution in [0.15, 0.2) is 0 Å². The normalized spacial score (nSPS) is 25.2. The lowest BCUT2D eigenvalue weighted by Gasteiger charge is -2.39. The molecule has 2 aliphatic rings. The van der Waals surface area contributed by atoms with Gasteiger partial charge in [0, 0.05) is 36.5 Å². The summed E-state index contributed by atoms with van der Waals surface area (Å²) in [7, 11) is 0. The summed E-state index contributed by atoms with van der Waals surface area (Å²) in [5, 5.41) is 4.66. The lowest BCUT2D eigenvalue weighted by molar-refractivity contribution is 0.232. The number of thiazole rings is 1. The molecule has 3 nitrogen and oxygen atoms in total. The van der Waals surface area contributed by atoms with Crippen molar-refractivity contribution in [3.8, 4) is 0 Å². The summed E-state index contributed by atoms with van der Waals surface area (Å²) in [5.74, 6) is 0. The van der Waals surface area contributed by atoms with Crippen molar-refractivity contribution in [2.24, 2.45) is 5.41 Å². The molecular formula is C15H25N3S. The summed E-state index contributed by atoms with van der Waals surface area (Å²) in [6, 6.07) is 0. The van der Waals surface area contributed by atoms with Gasteiger partial charge < -0.3 is 10.2 Å². The van der Waals surface area contributed by atoms with Crippen molar-refractivity contribution in [3.05, 3.63) is 10.6 Å². The summed E-state index contributed by atoms with van der Waals surface area (Å²) in [5.41, 5.74) is 2.02. The molecule has 2 heterocycles. The SMILES string of the molecule is CC1(C)Cc2nc(N3CCNCC3)sc2C(C)(C)C1. The van der Waals surface area contributed by atoms with Gasteiger partial charge in [0.1, 0.15) is 0 Å². The number of piperazine rings is 1. The maximum Gasteiger partial charge on any atom is 0.185 e. The minimum absolute atomic E-state index is 0.279. The lowest BCUT2D eigenvalue weighted by Crippen LogP contribution is -2.43. The molecule has 4 heteroatoms. The van der Waals surface area contributed by atoms with Gasteiger partial charge in [-0.15, -0.1) is 11.3 Å². The van der Waals surface area contributed by atoms with E-state index in [9.17, 15) is 0 Å². The van der Waals surface area contributed by atoms with Crippen LogP contribution >= 0.6 is 11.3 Å². The van der Waals surface area contributed by atoms with Crippen LogP contribution in [-0.4, -0.2) is 31.2 Å². The highest BCUT2D eigenvalue weighted by Crippen LogP contribution is 2.48. The molecule has 1 aromatic heterocycles. The van der Waals surface area contributed by atoms with Crippen molar-refractivity contribution in [2.45, 2.75) is 46.0 Å². The second-order valence-corrected chi connectivity index (χ2v) is 8.39. The Labute approximate surface area is 120 Å². The first-order valence-corrected chi connectivity index (χ1v) is 8.15. The van der Waals surface area contributed by atoms with Crippen LogP contribution in [0, 0.1) is 5.41 Å². The van der Waals surface area contributed by atoms with Crippen molar-refractivity contribution in [1.82, 2.24) is 10.3 Å². The Morgan fingerprint density at radius 2 is 1.84 bits per heavy atom. The van der Waals surface area contributed by atoms with E-state index in [0.29, 0.717) is 5.41 Å². The van der Waals surface area contributed by atoms with Gasteiger partial charge in [0.15, 0.2) is 5.13 Å². The molecular weight excluding hydrogens is 254 g/mol. The summed E-state index contributed by atoms with van der Waals surface area (Å²) in [4.78, 5) is 8.96. The molecule has 0 atom stereocenters. The van der Waals surface area contributed by atoms with Gasteiger partial charge in [-0.25, -0.2) is 4.98 Å². The van der Waals surface area contributed by atoms with Crippen LogP contribution in [0.25, 0.3) is 0 Å². The molecule has 106 valence electrons. The van der Waals surface area contributed by atoms with Crippen molar-refractivity contribution < 1.29 is 0 Å². The molecule has 0 unspecified atom stereocenters. The Bertz CT molecular complexity index is 470. The van der Waals surface area contributed by atoms with Gasteiger partial charge in [-0.1, -0.05) is 27.7 Å². The standard InChI is InChI=1S/C15H25N3S/c1-14(2)9-11-12(15(3,4)10-14)19-13(17-11)18-7-5-16-6-8-18/h16H,5-10H2,1-4H3. The maximum absolute atomic E-state index is 4.98. The average molecular weight is 279 g/mol. The molecule has 3 rings (SSSR count). The number of hydrogen-bond acceptors (Lipinski definition) is 4. The van der Waals surface area contributed by atoms with Crippen LogP contribution in [0.4, 0.5) is 5.13 Å². The Hall–Kier alpha value is -0.610. The molecule has 1 fully saturated rings. The van der Waals surface area contributed by atoms with E-state index in [0.717, 1.165) is 32.6 Å². The molecule has 0 spiro atoms. The van der Waals surface area contributed by atoms with Crippen LogP contribution < -0.4 is 10.2 Å². The number of nitrogens with one attached hydrogen (secondary N) is 1. The third kappa shape index (κ3) is 2.52. The van der Waals surface area contributed by atoms with Gasteiger partial charge in [-0.2, -0.15) is 0 Å². The highest BCUT2D eigenvalue weighted by molar-refractivity contribution is 7.15. The van der Waals surface area contributed by atoms with Crippen LogP contribution in [0.5, 0.6) is 0 Å². The second kappa shape index (κ2) is 4.45. The number of hydrogen-bond donors (Lipinski definition) is 1. The molecule has 0 amide bonds. The predicted octanol–water partition coefficient (Wildman–Crippen LogP) is 2.80. The van der Waals surface area contributed by atoms with Crippen LogP contribution in [-0.2, 0) is 11.8 Å². The van der Waals surface area contributed by atoms with Gasteiger partial charge >= 0.3 is 0 Å². The van der Waals surface area contributed by atoms with E-state index in [4.69, 9.17) is 4.98 Å². The highest BCUT2D eigenvalue weighted by atomic mass is 32.1. The van der Waals surface area contributed by atoms with Crippen molar-refractivity contribution in [3.63, 3.8) is 0 Å². The third-order valence-electron chi connectivity index (χ3n) is 4.25. The molecule has 1 N–H and O–H groups in total. The first kappa shape index (κ1) is 13.4. The number of anilines is 1. The fraction of sp³-hybridized carbons (Fsp3) is 0.800. The molecule has 1 aliphatic heterocycles. The summed E-state index contributed by atoms with van der Waals surface area (Å²) >= 11 is 1.94. The summed E-state index contributed by atoms with van der Waals surface area (Å²) in [6.07, 6.45) is 2.39. The van der Waals surface area contributed by atoms with E-state index in [1.807, 2.05) is 11.3 Å².